The van der Waals surface area contributed by atoms with E-state index < -0.39 is 5.69 Å². The molecular weight excluding hydrogens is 479 g/mol. The van der Waals surface area contributed by atoms with Gasteiger partial charge in [0.15, 0.2) is 0 Å². The summed E-state index contributed by atoms with van der Waals surface area (Å²) < 4.78 is 8.26. The molecule has 0 N–H and O–H groups in total. The first-order chi connectivity index (χ1) is 12.8. The molecule has 0 bridgehead atoms. The molecule has 27 heavy (non-hydrogen) atoms. The van der Waals surface area contributed by atoms with Crippen LogP contribution in [0, 0.1) is 13.8 Å². The van der Waals surface area contributed by atoms with Crippen LogP contribution in [0.5, 0.6) is 0 Å². The molecule has 0 amide bonds. The van der Waals surface area contributed by atoms with E-state index in [1.165, 1.54) is 89.9 Å². The van der Waals surface area contributed by atoms with Gasteiger partial charge in [-0.2, -0.15) is 24.6 Å². The van der Waals surface area contributed by atoms with Crippen LogP contribution in [-0.4, -0.2) is 0 Å². The van der Waals surface area contributed by atoms with E-state index in [0.29, 0.717) is 19.8 Å². The fourth-order valence-corrected chi connectivity index (χ4v) is 2.27. The van der Waals surface area contributed by atoms with Crippen molar-refractivity contribution in [2.75, 3.05) is 0 Å². The molecule has 0 aliphatic carbocycles. The summed E-state index contributed by atoms with van der Waals surface area (Å²) in [5, 5.41) is 0. The van der Waals surface area contributed by atoms with Gasteiger partial charge >= 0.3 is 23.2 Å². The van der Waals surface area contributed by atoms with Crippen LogP contribution in [0.15, 0.2) is 0 Å². The van der Waals surface area contributed by atoms with E-state index in [2.05, 4.69) is 51.8 Å². The SMILES string of the molecule is [CH2-]CCCCCCCCC.[CH2-]CCCCCCCCC.[O-]P([O-])(=S)[S-].[O]=[Mo]. The second kappa shape index (κ2) is 34.9. The summed E-state index contributed by atoms with van der Waals surface area (Å²) in [6.07, 6.45) is 21.8. The Morgan fingerprint density at radius 2 is 0.889 bits per heavy atom. The molecule has 0 aliphatic heterocycles. The van der Waals surface area contributed by atoms with Crippen LogP contribution < -0.4 is 9.79 Å². The summed E-state index contributed by atoms with van der Waals surface area (Å²) in [6.45, 7) is 12.2. The van der Waals surface area contributed by atoms with Gasteiger partial charge in [0, 0.05) is 0 Å². The van der Waals surface area contributed by atoms with Crippen LogP contribution in [0.3, 0.4) is 0 Å². The zero-order chi connectivity index (χ0) is 21.8. The Morgan fingerprint density at radius 1 is 0.704 bits per heavy atom. The number of unbranched alkanes of at least 4 members (excludes halogenated alkanes) is 14. The fourth-order valence-electron chi connectivity index (χ4n) is 2.27. The summed E-state index contributed by atoms with van der Waals surface area (Å²) in [4.78, 5) is 18.6. The summed E-state index contributed by atoms with van der Waals surface area (Å²) in [5.41, 5.74) is -3.72. The Morgan fingerprint density at radius 3 is 1.07 bits per heavy atom. The van der Waals surface area contributed by atoms with Gasteiger partial charge in [0.25, 0.3) is 0 Å². The summed E-state index contributed by atoms with van der Waals surface area (Å²) in [6, 6.07) is 0. The molecule has 0 heterocycles. The van der Waals surface area contributed by atoms with Gasteiger partial charge in [-0.25, -0.2) is 0 Å². The third-order valence-corrected chi connectivity index (χ3v) is 3.71. The molecule has 0 saturated carbocycles. The molecule has 0 aromatic rings. The Kier molecular flexibility index (Phi) is 46.3. The van der Waals surface area contributed by atoms with E-state index >= 15 is 0 Å². The quantitative estimate of drug-likeness (QED) is 0.0885. The molecule has 0 radical (unpaired) electrons. The van der Waals surface area contributed by atoms with E-state index in [4.69, 9.17) is 3.40 Å². The third kappa shape index (κ3) is 74.5. The van der Waals surface area contributed by atoms with Crippen molar-refractivity contribution >= 4 is 29.7 Å². The van der Waals surface area contributed by atoms with Crippen molar-refractivity contribution in [1.82, 2.24) is 0 Å². The molecule has 0 aromatic heterocycles. The molecule has 168 valence electrons. The van der Waals surface area contributed by atoms with Crippen LogP contribution in [-0.2, 0) is 47.2 Å². The van der Waals surface area contributed by atoms with Crippen LogP contribution in [0.2, 0.25) is 0 Å². The van der Waals surface area contributed by atoms with Crippen molar-refractivity contribution in [2.45, 2.75) is 117 Å². The standard InChI is InChI=1S/2C10H21.Mo.H3O2PS2.O/c2*1-3-5-7-9-10-8-6-4-2;;1-3(2,4)5;/h2*1,3-10H2,2H3;;(H3,1,2,4,5);/q2*-1;;;/p-3. The number of rotatable bonds is 14. The average molecular weight is 522 g/mol. The zero-order valence-corrected chi connectivity index (χ0v) is 22.2. The minimum atomic E-state index is -3.72. The Balaban J connectivity index is -0.000000147. The maximum atomic E-state index is 9.29. The van der Waals surface area contributed by atoms with Crippen molar-refractivity contribution in [2.24, 2.45) is 0 Å². The molecule has 0 rings (SSSR count). The van der Waals surface area contributed by atoms with Crippen molar-refractivity contribution in [3.05, 3.63) is 13.8 Å². The maximum absolute atomic E-state index is 9.29. The number of hydrogen-bond acceptors (Lipinski definition) is 5. The first-order valence-electron chi connectivity index (χ1n) is 10.3. The molecule has 3 nitrogen and oxygen atoms in total. The Labute approximate surface area is 192 Å². The van der Waals surface area contributed by atoms with Gasteiger partial charge in [-0.05, 0) is 0 Å². The topological polar surface area (TPSA) is 63.2 Å². The predicted molar refractivity (Wildman–Crippen MR) is 118 cm³/mol. The molecule has 0 fully saturated rings. The first-order valence-corrected chi connectivity index (χ1v) is 14.8. The van der Waals surface area contributed by atoms with Gasteiger partial charge in [0.1, 0.15) is 0 Å². The van der Waals surface area contributed by atoms with Gasteiger partial charge in [-0.3, -0.25) is 0 Å². The second-order valence-electron chi connectivity index (χ2n) is 6.40. The monoisotopic (exact) mass is 523 g/mol. The van der Waals surface area contributed by atoms with E-state index in [0.717, 1.165) is 12.8 Å². The Hall–Kier alpha value is 1.41. The molecule has 0 spiro atoms. The van der Waals surface area contributed by atoms with Gasteiger partial charge < -0.3 is 41.6 Å². The van der Waals surface area contributed by atoms with Crippen molar-refractivity contribution in [3.63, 3.8) is 0 Å². The fraction of sp³-hybridized carbons (Fsp3) is 0.900. The van der Waals surface area contributed by atoms with E-state index in [9.17, 15) is 9.79 Å². The molecule has 0 aliphatic rings. The summed E-state index contributed by atoms with van der Waals surface area (Å²) in [5.74, 6) is 0. The van der Waals surface area contributed by atoms with E-state index in [-0.39, 0.29) is 0 Å². The molecular formula is C20H42MoO3PS2-5. The van der Waals surface area contributed by atoms with E-state index in [1.807, 2.05) is 0 Å². The van der Waals surface area contributed by atoms with Crippen molar-refractivity contribution in [1.29, 1.82) is 0 Å². The zero-order valence-electron chi connectivity index (χ0n) is 17.6. The second-order valence-corrected chi connectivity index (χ2v) is 10.9. The van der Waals surface area contributed by atoms with Crippen LogP contribution >= 0.6 is 5.69 Å². The first kappa shape index (κ1) is 35.8. The van der Waals surface area contributed by atoms with Gasteiger partial charge in [0.2, 0.25) is 0 Å². The molecule has 0 aromatic carbocycles. The number of hydrogen-bond donors (Lipinski definition) is 0. The predicted octanol–water partition coefficient (Wildman–Crippen LogP) is 6.28. The van der Waals surface area contributed by atoms with Crippen LogP contribution in [0.4, 0.5) is 0 Å². The molecule has 0 unspecified atom stereocenters. The van der Waals surface area contributed by atoms with Gasteiger partial charge in [0.05, 0.1) is 0 Å². The van der Waals surface area contributed by atoms with Crippen LogP contribution in [0.1, 0.15) is 117 Å². The van der Waals surface area contributed by atoms with Crippen molar-refractivity contribution in [3.8, 4) is 0 Å². The summed E-state index contributed by atoms with van der Waals surface area (Å²) in [7, 11) is 0. The summed E-state index contributed by atoms with van der Waals surface area (Å²) >= 11 is 7.98. The molecule has 7 heteroatoms. The van der Waals surface area contributed by atoms with Crippen LogP contribution in [0.25, 0.3) is 0 Å². The Bertz CT molecular complexity index is 240. The van der Waals surface area contributed by atoms with Gasteiger partial charge in [-0.1, -0.05) is 104 Å². The minimum absolute atomic E-state index is 0.700. The molecule has 0 saturated heterocycles. The van der Waals surface area contributed by atoms with Crippen molar-refractivity contribution < 1.29 is 33.0 Å². The van der Waals surface area contributed by atoms with E-state index in [1.54, 1.807) is 0 Å². The molecule has 0 atom stereocenters. The van der Waals surface area contributed by atoms with Gasteiger partial charge in [-0.15, -0.1) is 0 Å². The normalized spacial score (nSPS) is 9.89. The third-order valence-electron chi connectivity index (χ3n) is 3.71. The average Bonchev–Trinajstić information content (AvgIpc) is 2.62.